The van der Waals surface area contributed by atoms with Gasteiger partial charge in [0, 0.05) is 5.56 Å². The number of hydrogen-bond donors (Lipinski definition) is 1. The van der Waals surface area contributed by atoms with E-state index in [2.05, 4.69) is 5.10 Å². The lowest BCUT2D eigenvalue weighted by Gasteiger charge is -2.13. The molecule has 2 rings (SSSR count). The van der Waals surface area contributed by atoms with E-state index >= 15 is 0 Å². The summed E-state index contributed by atoms with van der Waals surface area (Å²) in [5.41, 5.74) is -0.624. The van der Waals surface area contributed by atoms with E-state index in [4.69, 9.17) is 4.74 Å². The molecular weight excluding hydrogens is 185 g/mol. The number of fused-ring (bicyclic) bond motifs is 1. The largest absolute Gasteiger partial charge is 0.476 e. The van der Waals surface area contributed by atoms with Crippen molar-refractivity contribution in [2.75, 3.05) is 6.61 Å². The Morgan fingerprint density at radius 2 is 2.15 bits per heavy atom. The van der Waals surface area contributed by atoms with Gasteiger partial charge in [-0.3, -0.25) is 5.10 Å². The molecule has 0 aliphatic carbocycles. The normalized spacial score (nSPS) is 16.5. The highest BCUT2D eigenvalue weighted by molar-refractivity contribution is 5.33. The van der Waals surface area contributed by atoms with Crippen LogP contribution in [0.3, 0.4) is 0 Å². The fourth-order valence-electron chi connectivity index (χ4n) is 1.35. The molecule has 72 valence electrons. The van der Waals surface area contributed by atoms with Crippen LogP contribution in [0.1, 0.15) is 17.7 Å². The second-order valence-electron chi connectivity index (χ2n) is 2.83. The van der Waals surface area contributed by atoms with Crippen molar-refractivity contribution in [1.82, 2.24) is 10.2 Å². The number of rotatable bonds is 0. The molecule has 6 heteroatoms. The van der Waals surface area contributed by atoms with Gasteiger partial charge in [0.15, 0.2) is 0 Å². The van der Waals surface area contributed by atoms with Crippen molar-refractivity contribution in [3.8, 4) is 5.88 Å². The Morgan fingerprint density at radius 3 is 2.85 bits per heavy atom. The molecular formula is C7H7F3N2O. The summed E-state index contributed by atoms with van der Waals surface area (Å²) in [4.78, 5) is 0. The Kier molecular flexibility index (Phi) is 1.71. The Balaban J connectivity index is 2.43. The first-order valence-corrected chi connectivity index (χ1v) is 3.86. The molecule has 13 heavy (non-hydrogen) atoms. The van der Waals surface area contributed by atoms with Crippen molar-refractivity contribution in [3.63, 3.8) is 0 Å². The smallest absolute Gasteiger partial charge is 0.433 e. The summed E-state index contributed by atoms with van der Waals surface area (Å²) in [6, 6.07) is 0. The van der Waals surface area contributed by atoms with Crippen LogP contribution in [-0.2, 0) is 12.6 Å². The maximum Gasteiger partial charge on any atom is 0.433 e. The Labute approximate surface area is 71.9 Å². The van der Waals surface area contributed by atoms with Gasteiger partial charge in [-0.1, -0.05) is 0 Å². The molecule has 0 atom stereocenters. The van der Waals surface area contributed by atoms with E-state index in [1.165, 1.54) is 0 Å². The molecule has 1 aliphatic rings. The number of halogens is 3. The average Bonchev–Trinajstić information content (AvgIpc) is 2.45. The van der Waals surface area contributed by atoms with E-state index in [0.29, 0.717) is 19.4 Å². The first-order valence-electron chi connectivity index (χ1n) is 3.86. The lowest BCUT2D eigenvalue weighted by molar-refractivity contribution is -0.141. The van der Waals surface area contributed by atoms with Crippen LogP contribution in [-0.4, -0.2) is 16.8 Å². The third-order valence-corrected chi connectivity index (χ3v) is 1.92. The Hall–Kier alpha value is -1.20. The summed E-state index contributed by atoms with van der Waals surface area (Å²) in [5, 5.41) is 5.41. The quantitative estimate of drug-likeness (QED) is 0.680. The van der Waals surface area contributed by atoms with Crippen molar-refractivity contribution in [2.45, 2.75) is 19.0 Å². The predicted molar refractivity (Wildman–Crippen MR) is 37.4 cm³/mol. The fourth-order valence-corrected chi connectivity index (χ4v) is 1.35. The van der Waals surface area contributed by atoms with Gasteiger partial charge in [-0.2, -0.15) is 13.2 Å². The molecule has 1 aliphatic heterocycles. The van der Waals surface area contributed by atoms with Crippen molar-refractivity contribution in [3.05, 3.63) is 11.3 Å². The molecule has 0 radical (unpaired) electrons. The zero-order valence-corrected chi connectivity index (χ0v) is 6.61. The van der Waals surface area contributed by atoms with Gasteiger partial charge in [0.05, 0.1) is 6.61 Å². The molecule has 3 nitrogen and oxygen atoms in total. The van der Waals surface area contributed by atoms with E-state index in [1.807, 2.05) is 5.10 Å². The van der Waals surface area contributed by atoms with Crippen LogP contribution in [0, 0.1) is 0 Å². The van der Waals surface area contributed by atoms with E-state index in [9.17, 15) is 13.2 Å². The van der Waals surface area contributed by atoms with Gasteiger partial charge in [0.2, 0.25) is 5.88 Å². The molecule has 1 N–H and O–H groups in total. The molecule has 0 unspecified atom stereocenters. The summed E-state index contributed by atoms with van der Waals surface area (Å²) < 4.78 is 41.8. The SMILES string of the molecule is FC(F)(F)c1[nH]nc2c1CCCO2. The topological polar surface area (TPSA) is 37.9 Å². The van der Waals surface area contributed by atoms with E-state index < -0.39 is 11.9 Å². The van der Waals surface area contributed by atoms with Crippen molar-refractivity contribution in [2.24, 2.45) is 0 Å². The maximum absolute atomic E-state index is 12.3. The van der Waals surface area contributed by atoms with Crippen molar-refractivity contribution >= 4 is 0 Å². The van der Waals surface area contributed by atoms with Gasteiger partial charge in [-0.05, 0) is 12.8 Å². The first kappa shape index (κ1) is 8.40. The second-order valence-corrected chi connectivity index (χ2v) is 2.83. The monoisotopic (exact) mass is 192 g/mol. The minimum atomic E-state index is -4.36. The van der Waals surface area contributed by atoms with Gasteiger partial charge in [0.25, 0.3) is 0 Å². The summed E-state index contributed by atoms with van der Waals surface area (Å²) in [6.07, 6.45) is -3.38. The minimum absolute atomic E-state index is 0.0959. The Morgan fingerprint density at radius 1 is 1.38 bits per heavy atom. The highest BCUT2D eigenvalue weighted by Crippen LogP contribution is 2.36. The van der Waals surface area contributed by atoms with E-state index in [0.717, 1.165) is 0 Å². The number of nitrogens with zero attached hydrogens (tertiary/aromatic N) is 1. The molecule has 0 saturated carbocycles. The van der Waals surface area contributed by atoms with Gasteiger partial charge in [0.1, 0.15) is 5.69 Å². The summed E-state index contributed by atoms with van der Waals surface area (Å²) in [6.45, 7) is 0.440. The summed E-state index contributed by atoms with van der Waals surface area (Å²) in [5.74, 6) is 0.0959. The van der Waals surface area contributed by atoms with Crippen LogP contribution in [0.4, 0.5) is 13.2 Å². The number of ether oxygens (including phenoxy) is 1. The second kappa shape index (κ2) is 2.65. The lowest BCUT2D eigenvalue weighted by atomic mass is 10.1. The zero-order valence-electron chi connectivity index (χ0n) is 6.61. The summed E-state index contributed by atoms with van der Waals surface area (Å²) in [7, 11) is 0. The molecule has 0 bridgehead atoms. The first-order chi connectivity index (χ1) is 6.09. The molecule has 0 saturated heterocycles. The van der Waals surface area contributed by atoms with Gasteiger partial charge in [-0.25, -0.2) is 0 Å². The van der Waals surface area contributed by atoms with Crippen LogP contribution in [0.25, 0.3) is 0 Å². The molecule has 1 aromatic heterocycles. The number of aromatic amines is 1. The number of nitrogens with one attached hydrogen (secondary N) is 1. The number of H-pyrrole nitrogens is 1. The predicted octanol–water partition coefficient (Wildman–Crippen LogP) is 1.75. The lowest BCUT2D eigenvalue weighted by Crippen LogP contribution is -2.13. The van der Waals surface area contributed by atoms with Gasteiger partial charge < -0.3 is 4.74 Å². The van der Waals surface area contributed by atoms with Gasteiger partial charge >= 0.3 is 6.18 Å². The maximum atomic E-state index is 12.3. The number of hydrogen-bond acceptors (Lipinski definition) is 2. The molecule has 2 heterocycles. The highest BCUT2D eigenvalue weighted by Gasteiger charge is 2.38. The van der Waals surface area contributed by atoms with Crippen LogP contribution < -0.4 is 4.74 Å². The molecule has 0 amide bonds. The van der Waals surface area contributed by atoms with Crippen LogP contribution in [0.5, 0.6) is 5.88 Å². The third kappa shape index (κ3) is 1.36. The van der Waals surface area contributed by atoms with Crippen molar-refractivity contribution < 1.29 is 17.9 Å². The fraction of sp³-hybridized carbons (Fsp3) is 0.571. The number of alkyl halides is 3. The van der Waals surface area contributed by atoms with Crippen LogP contribution in [0.2, 0.25) is 0 Å². The van der Waals surface area contributed by atoms with Crippen molar-refractivity contribution in [1.29, 1.82) is 0 Å². The van der Waals surface area contributed by atoms with E-state index in [-0.39, 0.29) is 11.4 Å². The van der Waals surface area contributed by atoms with E-state index in [1.54, 1.807) is 0 Å². The summed E-state index contributed by atoms with van der Waals surface area (Å²) >= 11 is 0. The highest BCUT2D eigenvalue weighted by atomic mass is 19.4. The molecule has 0 spiro atoms. The number of aromatic nitrogens is 2. The molecule has 0 fully saturated rings. The average molecular weight is 192 g/mol. The third-order valence-electron chi connectivity index (χ3n) is 1.92. The Bertz CT molecular complexity index is 318. The standard InChI is InChI=1S/C7H7F3N2O/c8-7(9,10)5-4-2-1-3-13-6(4)12-11-5/h1-3H2,(H,11,12). The minimum Gasteiger partial charge on any atom is -0.476 e. The van der Waals surface area contributed by atoms with Gasteiger partial charge in [-0.15, -0.1) is 5.10 Å². The van der Waals surface area contributed by atoms with Crippen LogP contribution in [0.15, 0.2) is 0 Å². The molecule has 1 aromatic rings. The zero-order chi connectivity index (χ0) is 9.47. The molecule has 0 aromatic carbocycles. The van der Waals surface area contributed by atoms with Crippen LogP contribution >= 0.6 is 0 Å².